The second-order valence-corrected chi connectivity index (χ2v) is 3.78. The minimum absolute atomic E-state index is 0.185. The Labute approximate surface area is 94.8 Å². The van der Waals surface area contributed by atoms with Gasteiger partial charge in [0.15, 0.2) is 0 Å². The van der Waals surface area contributed by atoms with E-state index in [1.54, 1.807) is 6.20 Å². The fourth-order valence-electron chi connectivity index (χ4n) is 1.13. The number of halogens is 1. The van der Waals surface area contributed by atoms with Crippen LogP contribution in [0.15, 0.2) is 41.1 Å². The molecule has 0 bridgehead atoms. The van der Waals surface area contributed by atoms with Crippen molar-refractivity contribution in [3.05, 3.63) is 46.7 Å². The molecule has 0 aliphatic heterocycles. The smallest absolute Gasteiger partial charge is 0.258 e. The van der Waals surface area contributed by atoms with Gasteiger partial charge in [-0.15, -0.1) is 0 Å². The van der Waals surface area contributed by atoms with E-state index in [0.717, 1.165) is 10.2 Å². The van der Waals surface area contributed by atoms with Crippen LogP contribution in [0.2, 0.25) is 0 Å². The van der Waals surface area contributed by atoms with E-state index < -0.39 is 0 Å². The molecule has 1 heterocycles. The molecule has 5 heteroatoms. The molecule has 0 aliphatic rings. The summed E-state index contributed by atoms with van der Waals surface area (Å²) in [6.45, 7) is 0. The summed E-state index contributed by atoms with van der Waals surface area (Å²) >= 11 is 3.35. The Morgan fingerprint density at radius 3 is 2.87 bits per heavy atom. The number of aromatic amines is 1. The third-order valence-electron chi connectivity index (χ3n) is 1.88. The summed E-state index contributed by atoms with van der Waals surface area (Å²) in [6.07, 6.45) is 3.03. The number of amides is 1. The van der Waals surface area contributed by atoms with Crippen LogP contribution >= 0.6 is 15.9 Å². The molecule has 1 aromatic heterocycles. The summed E-state index contributed by atoms with van der Waals surface area (Å²) in [5.41, 5.74) is 1.24. The highest BCUT2D eigenvalue weighted by atomic mass is 79.9. The maximum absolute atomic E-state index is 11.6. The molecule has 1 amide bonds. The minimum atomic E-state index is -0.185. The van der Waals surface area contributed by atoms with Crippen molar-refractivity contribution in [3.63, 3.8) is 0 Å². The van der Waals surface area contributed by atoms with Crippen LogP contribution in [0.3, 0.4) is 0 Å². The Morgan fingerprint density at radius 2 is 2.20 bits per heavy atom. The molecule has 0 saturated carbocycles. The predicted octanol–water partition coefficient (Wildman–Crippen LogP) is 2.42. The van der Waals surface area contributed by atoms with Crippen LogP contribution in [0.4, 0.5) is 5.69 Å². The lowest BCUT2D eigenvalue weighted by Crippen LogP contribution is -2.11. The molecule has 2 rings (SSSR count). The largest absolute Gasteiger partial charge is 0.321 e. The number of hydrogen-bond acceptors (Lipinski definition) is 2. The molecule has 76 valence electrons. The van der Waals surface area contributed by atoms with Crippen LogP contribution < -0.4 is 5.32 Å². The highest BCUT2D eigenvalue weighted by Crippen LogP contribution is 2.21. The molecule has 2 aromatic rings. The summed E-state index contributed by atoms with van der Waals surface area (Å²) in [6, 6.07) is 7.43. The molecule has 0 aliphatic carbocycles. The van der Waals surface area contributed by atoms with Crippen LogP contribution in [0.25, 0.3) is 0 Å². The van der Waals surface area contributed by atoms with Crippen LogP contribution in [0.5, 0.6) is 0 Å². The van der Waals surface area contributed by atoms with Crippen molar-refractivity contribution in [3.8, 4) is 0 Å². The van der Waals surface area contributed by atoms with E-state index in [0.29, 0.717) is 5.56 Å². The Hall–Kier alpha value is -1.62. The summed E-state index contributed by atoms with van der Waals surface area (Å²) in [5.74, 6) is -0.185. The lowest BCUT2D eigenvalue weighted by Gasteiger charge is -2.04. The number of rotatable bonds is 2. The molecular formula is C10H8BrN3O. The lowest BCUT2D eigenvalue weighted by molar-refractivity contribution is 0.102. The number of carbonyl (C=O) groups excluding carboxylic acids is 1. The fourth-order valence-corrected chi connectivity index (χ4v) is 1.52. The molecule has 0 spiro atoms. The van der Waals surface area contributed by atoms with E-state index >= 15 is 0 Å². The van der Waals surface area contributed by atoms with Gasteiger partial charge in [0.1, 0.15) is 0 Å². The van der Waals surface area contributed by atoms with E-state index in [2.05, 4.69) is 31.4 Å². The van der Waals surface area contributed by atoms with Crippen molar-refractivity contribution in [1.82, 2.24) is 10.2 Å². The molecule has 4 nitrogen and oxygen atoms in total. The van der Waals surface area contributed by atoms with Gasteiger partial charge in [-0.05, 0) is 28.1 Å². The van der Waals surface area contributed by atoms with Crippen LogP contribution in [-0.2, 0) is 0 Å². The first-order valence-electron chi connectivity index (χ1n) is 4.32. The molecular weight excluding hydrogens is 258 g/mol. The summed E-state index contributed by atoms with van der Waals surface area (Å²) in [7, 11) is 0. The van der Waals surface area contributed by atoms with Crippen molar-refractivity contribution >= 4 is 27.5 Å². The highest BCUT2D eigenvalue weighted by molar-refractivity contribution is 9.10. The normalized spacial score (nSPS) is 9.93. The van der Waals surface area contributed by atoms with E-state index in [1.807, 2.05) is 24.3 Å². The number of hydrogen-bond donors (Lipinski definition) is 2. The standard InChI is InChI=1S/C10H8BrN3O/c11-8-3-1-2-4-9(8)14-10(15)7-5-12-13-6-7/h1-6H,(H,12,13)(H,14,15). The average molecular weight is 266 g/mol. The zero-order chi connectivity index (χ0) is 10.7. The molecule has 15 heavy (non-hydrogen) atoms. The maximum Gasteiger partial charge on any atom is 0.258 e. The zero-order valence-electron chi connectivity index (χ0n) is 7.70. The Kier molecular flexibility index (Phi) is 2.82. The Morgan fingerprint density at radius 1 is 1.40 bits per heavy atom. The lowest BCUT2D eigenvalue weighted by atomic mass is 10.3. The first kappa shape index (κ1) is 9.92. The number of carbonyl (C=O) groups is 1. The minimum Gasteiger partial charge on any atom is -0.321 e. The monoisotopic (exact) mass is 265 g/mol. The van der Waals surface area contributed by atoms with E-state index in [-0.39, 0.29) is 5.91 Å². The van der Waals surface area contributed by atoms with Gasteiger partial charge in [-0.3, -0.25) is 9.89 Å². The van der Waals surface area contributed by atoms with Gasteiger partial charge in [-0.1, -0.05) is 12.1 Å². The van der Waals surface area contributed by atoms with Crippen molar-refractivity contribution in [1.29, 1.82) is 0 Å². The third-order valence-corrected chi connectivity index (χ3v) is 2.57. The number of H-pyrrole nitrogens is 1. The van der Waals surface area contributed by atoms with Crippen LogP contribution in [0, 0.1) is 0 Å². The second kappa shape index (κ2) is 4.27. The van der Waals surface area contributed by atoms with E-state index in [1.165, 1.54) is 6.20 Å². The fraction of sp³-hybridized carbons (Fsp3) is 0. The second-order valence-electron chi connectivity index (χ2n) is 2.92. The first-order valence-corrected chi connectivity index (χ1v) is 5.11. The quantitative estimate of drug-likeness (QED) is 0.877. The number of para-hydroxylation sites is 1. The molecule has 2 N–H and O–H groups in total. The molecule has 0 fully saturated rings. The zero-order valence-corrected chi connectivity index (χ0v) is 9.28. The summed E-state index contributed by atoms with van der Waals surface area (Å²) < 4.78 is 0.849. The van der Waals surface area contributed by atoms with Gasteiger partial charge in [0.25, 0.3) is 5.91 Å². The van der Waals surface area contributed by atoms with Crippen LogP contribution in [0.1, 0.15) is 10.4 Å². The molecule has 0 saturated heterocycles. The Balaban J connectivity index is 2.17. The van der Waals surface area contributed by atoms with Gasteiger partial charge >= 0.3 is 0 Å². The number of nitrogens with zero attached hydrogens (tertiary/aromatic N) is 1. The van der Waals surface area contributed by atoms with Gasteiger partial charge in [0, 0.05) is 10.7 Å². The van der Waals surface area contributed by atoms with Gasteiger partial charge in [0.2, 0.25) is 0 Å². The van der Waals surface area contributed by atoms with Crippen LogP contribution in [-0.4, -0.2) is 16.1 Å². The highest BCUT2D eigenvalue weighted by Gasteiger charge is 2.07. The number of anilines is 1. The number of aromatic nitrogens is 2. The topological polar surface area (TPSA) is 57.8 Å². The van der Waals surface area contributed by atoms with Crippen molar-refractivity contribution < 1.29 is 4.79 Å². The molecule has 1 aromatic carbocycles. The van der Waals surface area contributed by atoms with Gasteiger partial charge in [0.05, 0.1) is 17.4 Å². The number of nitrogens with one attached hydrogen (secondary N) is 2. The SMILES string of the molecule is O=C(Nc1ccccc1Br)c1cn[nH]c1. The summed E-state index contributed by atoms with van der Waals surface area (Å²) in [4.78, 5) is 11.6. The first-order chi connectivity index (χ1) is 7.27. The summed E-state index contributed by atoms with van der Waals surface area (Å²) in [5, 5.41) is 9.07. The van der Waals surface area contributed by atoms with Crippen molar-refractivity contribution in [2.24, 2.45) is 0 Å². The number of benzene rings is 1. The molecule has 0 radical (unpaired) electrons. The van der Waals surface area contributed by atoms with Gasteiger partial charge < -0.3 is 5.32 Å². The molecule has 0 unspecified atom stereocenters. The van der Waals surface area contributed by atoms with E-state index in [9.17, 15) is 4.79 Å². The van der Waals surface area contributed by atoms with Gasteiger partial charge in [-0.2, -0.15) is 5.10 Å². The maximum atomic E-state index is 11.6. The van der Waals surface area contributed by atoms with Crippen molar-refractivity contribution in [2.75, 3.05) is 5.32 Å². The third kappa shape index (κ3) is 2.24. The molecule has 0 atom stereocenters. The van der Waals surface area contributed by atoms with Crippen molar-refractivity contribution in [2.45, 2.75) is 0 Å². The average Bonchev–Trinajstić information content (AvgIpc) is 2.74. The van der Waals surface area contributed by atoms with E-state index in [4.69, 9.17) is 0 Å². The van der Waals surface area contributed by atoms with Gasteiger partial charge in [-0.25, -0.2) is 0 Å². The predicted molar refractivity (Wildman–Crippen MR) is 60.7 cm³/mol. The Bertz CT molecular complexity index is 467.